The minimum atomic E-state index is -5.14. The molecule has 14 heteroatoms. The average Bonchev–Trinajstić information content (AvgIpc) is 3.33. The van der Waals surface area contributed by atoms with Gasteiger partial charge in [-0.15, -0.1) is 0 Å². The van der Waals surface area contributed by atoms with Gasteiger partial charge in [0.15, 0.2) is 6.10 Å². The summed E-state index contributed by atoms with van der Waals surface area (Å²) in [5.41, 5.74) is 0. The van der Waals surface area contributed by atoms with Crippen molar-refractivity contribution in [2.45, 2.75) is 275 Å². The number of carbonyl (C=O) groups excluding carboxylic acids is 2. The first kappa shape index (κ1) is 64.8. The molecule has 0 bridgehead atoms. The van der Waals surface area contributed by atoms with E-state index in [-0.39, 0.29) is 12.8 Å². The number of carbonyl (C=O) groups is 2. The highest BCUT2D eigenvalue weighted by Gasteiger charge is 2.51. The molecule has 0 radical (unpaired) electrons. The predicted octanol–water partition coefficient (Wildman–Crippen LogP) is 12.3. The maximum atomic E-state index is 12.9. The molecule has 0 saturated heterocycles. The van der Waals surface area contributed by atoms with Crippen molar-refractivity contribution in [2.75, 3.05) is 13.2 Å². The Bertz CT molecular complexity index is 1390. The van der Waals surface area contributed by atoms with E-state index in [0.717, 1.165) is 32.1 Å². The second kappa shape index (κ2) is 44.5. The Labute approximate surface area is 418 Å². The van der Waals surface area contributed by atoms with E-state index in [0.29, 0.717) is 25.7 Å². The highest BCUT2D eigenvalue weighted by atomic mass is 31.2. The van der Waals surface area contributed by atoms with Crippen LogP contribution >= 0.6 is 7.82 Å². The summed E-state index contributed by atoms with van der Waals surface area (Å²) in [6, 6.07) is 0. The van der Waals surface area contributed by atoms with E-state index in [1.54, 1.807) is 0 Å². The van der Waals surface area contributed by atoms with Gasteiger partial charge in [0.1, 0.15) is 43.2 Å². The number of allylic oxidation sites excluding steroid dienone is 8. The first-order valence-corrected chi connectivity index (χ1v) is 28.9. The molecule has 1 saturated carbocycles. The molecule has 13 nitrogen and oxygen atoms in total. The van der Waals surface area contributed by atoms with Gasteiger partial charge in [0.05, 0.1) is 6.61 Å². The van der Waals surface area contributed by atoms with E-state index in [4.69, 9.17) is 18.5 Å². The molecule has 0 aromatic carbocycles. The molecule has 69 heavy (non-hydrogen) atoms. The fraction of sp³-hybridized carbons (Fsp3) is 0.818. The van der Waals surface area contributed by atoms with Crippen molar-refractivity contribution in [3.63, 3.8) is 0 Å². The van der Waals surface area contributed by atoms with E-state index < -0.39 is 75.7 Å². The molecule has 1 fully saturated rings. The first-order valence-electron chi connectivity index (χ1n) is 27.4. The molecule has 0 aromatic rings. The van der Waals surface area contributed by atoms with Crippen molar-refractivity contribution >= 4 is 19.8 Å². The van der Waals surface area contributed by atoms with Crippen LogP contribution in [0.15, 0.2) is 48.6 Å². The van der Waals surface area contributed by atoms with E-state index in [1.807, 2.05) is 12.2 Å². The number of aliphatic hydroxyl groups is 5. The first-order chi connectivity index (χ1) is 33.4. The summed E-state index contributed by atoms with van der Waals surface area (Å²) in [4.78, 5) is 35.8. The largest absolute Gasteiger partial charge is 0.472 e. The molecule has 1 aliphatic rings. The molecule has 6 unspecified atom stereocenters. The van der Waals surface area contributed by atoms with Gasteiger partial charge in [-0.05, 0) is 64.2 Å². The summed E-state index contributed by atoms with van der Waals surface area (Å²) < 4.78 is 33.6. The van der Waals surface area contributed by atoms with Crippen LogP contribution < -0.4 is 0 Å². The molecular weight excluding hydrogens is 900 g/mol. The van der Waals surface area contributed by atoms with Crippen LogP contribution in [0, 0.1) is 0 Å². The molecule has 0 aromatic heterocycles. The summed E-state index contributed by atoms with van der Waals surface area (Å²) in [7, 11) is -5.14. The normalized spacial score (nSPS) is 21.2. The van der Waals surface area contributed by atoms with Gasteiger partial charge < -0.3 is 39.9 Å². The number of rotatable bonds is 46. The smallest absolute Gasteiger partial charge is 0.462 e. The quantitative estimate of drug-likeness (QED) is 0.0145. The van der Waals surface area contributed by atoms with E-state index in [9.17, 15) is 44.6 Å². The lowest BCUT2D eigenvalue weighted by molar-refractivity contribution is -0.220. The number of phosphoric acid groups is 1. The van der Waals surface area contributed by atoms with Crippen LogP contribution in [0.1, 0.15) is 232 Å². The summed E-state index contributed by atoms with van der Waals surface area (Å²) in [5, 5.41) is 50.3. The molecule has 8 atom stereocenters. The number of hydrogen-bond donors (Lipinski definition) is 6. The number of phosphoric ester groups is 1. The number of ether oxygens (including phenoxy) is 2. The fourth-order valence-corrected chi connectivity index (χ4v) is 9.22. The highest BCUT2D eigenvalue weighted by molar-refractivity contribution is 7.47. The predicted molar refractivity (Wildman–Crippen MR) is 276 cm³/mol. The monoisotopic (exact) mass is 999 g/mol. The van der Waals surface area contributed by atoms with Crippen molar-refractivity contribution in [2.24, 2.45) is 0 Å². The minimum Gasteiger partial charge on any atom is -0.462 e. The standard InChI is InChI=1S/C55H99O13P/c1-3-5-7-9-11-13-15-17-19-21-22-23-24-25-26-28-29-31-33-35-37-39-41-43-48(56)65-45-47(46-66-69(63,64)68-55-53(61)51(59)50(58)52(60)54(55)62)67-49(57)44-42-40-38-36-34-32-30-27-20-18-16-14-12-10-8-6-4-2/h18,20,30,32,35-38,47,50-55,58-62H,3-17,19,21-29,31,33-34,39-46H2,1-2H3,(H,63,64)/b20-18+,32-30+,37-35+,38-36+/t47-,50?,51-,52?,53?,54?,55?/m0/s1. The Hall–Kier alpha value is -2.19. The van der Waals surface area contributed by atoms with Gasteiger partial charge in [-0.3, -0.25) is 18.6 Å². The van der Waals surface area contributed by atoms with Crippen molar-refractivity contribution in [1.29, 1.82) is 0 Å². The Morgan fingerprint density at radius 3 is 1.20 bits per heavy atom. The van der Waals surface area contributed by atoms with Gasteiger partial charge in [-0.25, -0.2) is 4.57 Å². The second-order valence-corrected chi connectivity index (χ2v) is 20.5. The maximum absolute atomic E-state index is 12.9. The van der Waals surface area contributed by atoms with Gasteiger partial charge in [0, 0.05) is 12.8 Å². The molecule has 6 N–H and O–H groups in total. The Balaban J connectivity index is 2.39. The Kier molecular flexibility index (Phi) is 41.8. The molecule has 1 rings (SSSR count). The molecule has 0 amide bonds. The van der Waals surface area contributed by atoms with Gasteiger partial charge in [-0.2, -0.15) is 0 Å². The average molecular weight is 999 g/mol. The topological polar surface area (TPSA) is 210 Å². The number of aliphatic hydroxyl groups excluding tert-OH is 5. The summed E-state index contributed by atoms with van der Waals surface area (Å²) in [5.74, 6) is -1.19. The number of unbranched alkanes of at least 4 members (excludes halogenated alkanes) is 26. The van der Waals surface area contributed by atoms with Gasteiger partial charge in [0.2, 0.25) is 0 Å². The fourth-order valence-electron chi connectivity index (χ4n) is 8.25. The zero-order chi connectivity index (χ0) is 50.6. The van der Waals surface area contributed by atoms with Crippen LogP contribution in [0.3, 0.4) is 0 Å². The molecule has 1 aliphatic carbocycles. The van der Waals surface area contributed by atoms with Gasteiger partial charge in [-0.1, -0.05) is 204 Å². The molecule has 0 spiro atoms. The Morgan fingerprint density at radius 1 is 0.449 bits per heavy atom. The van der Waals surface area contributed by atoms with Gasteiger partial charge in [0.25, 0.3) is 0 Å². The number of hydrogen-bond acceptors (Lipinski definition) is 12. The van der Waals surface area contributed by atoms with Crippen molar-refractivity contribution in [3.8, 4) is 0 Å². The van der Waals surface area contributed by atoms with Crippen LogP contribution in [0.2, 0.25) is 0 Å². The van der Waals surface area contributed by atoms with Crippen LogP contribution in [0.5, 0.6) is 0 Å². The third kappa shape index (κ3) is 36.4. The Morgan fingerprint density at radius 2 is 0.783 bits per heavy atom. The van der Waals surface area contributed by atoms with Crippen LogP contribution in [-0.4, -0.2) is 98.3 Å². The summed E-state index contributed by atoms with van der Waals surface area (Å²) in [6.07, 6.45) is 41.9. The van der Waals surface area contributed by atoms with Crippen molar-refractivity contribution < 1.29 is 63.1 Å². The molecule has 402 valence electrons. The third-order valence-corrected chi connectivity index (χ3v) is 13.6. The lowest BCUT2D eigenvalue weighted by Gasteiger charge is -2.41. The lowest BCUT2D eigenvalue weighted by Crippen LogP contribution is -2.64. The van der Waals surface area contributed by atoms with E-state index in [2.05, 4.69) is 50.3 Å². The zero-order valence-corrected chi connectivity index (χ0v) is 44.0. The summed E-state index contributed by atoms with van der Waals surface area (Å²) in [6.45, 7) is 3.26. The van der Waals surface area contributed by atoms with Gasteiger partial charge >= 0.3 is 19.8 Å². The third-order valence-electron chi connectivity index (χ3n) is 12.6. The number of esters is 2. The van der Waals surface area contributed by atoms with Crippen LogP contribution in [0.4, 0.5) is 0 Å². The lowest BCUT2D eigenvalue weighted by atomic mass is 9.85. The van der Waals surface area contributed by atoms with Crippen molar-refractivity contribution in [3.05, 3.63) is 48.6 Å². The highest BCUT2D eigenvalue weighted by Crippen LogP contribution is 2.47. The maximum Gasteiger partial charge on any atom is 0.472 e. The van der Waals surface area contributed by atoms with Crippen molar-refractivity contribution in [1.82, 2.24) is 0 Å². The molecule has 0 aliphatic heterocycles. The van der Waals surface area contributed by atoms with Crippen LogP contribution in [0.25, 0.3) is 0 Å². The SMILES string of the molecule is CCCCCCCC/C=C/C/C=C/C/C=C/CCCC(=O)O[C@@H](COC(=O)CCC/C=C/CCCCCCCCCCCCCCCCCCCC)COP(=O)(O)OC1C(O)C(O)C(O)[C@H](O)C1O. The summed E-state index contributed by atoms with van der Waals surface area (Å²) >= 11 is 0. The minimum absolute atomic E-state index is 0.0196. The van der Waals surface area contributed by atoms with E-state index in [1.165, 1.54) is 148 Å². The molecular formula is C55H99O13P. The molecule has 0 heterocycles. The zero-order valence-electron chi connectivity index (χ0n) is 43.1. The second-order valence-electron chi connectivity index (χ2n) is 19.1. The van der Waals surface area contributed by atoms with E-state index >= 15 is 0 Å². The van der Waals surface area contributed by atoms with Crippen LogP contribution in [-0.2, 0) is 32.7 Å².